The van der Waals surface area contributed by atoms with E-state index >= 15 is 0 Å². The van der Waals surface area contributed by atoms with Crippen LogP contribution < -0.4 is 9.75 Å². The van der Waals surface area contributed by atoms with Crippen molar-refractivity contribution < 1.29 is 14.6 Å². The SMILES string of the molecule is COc1ccc(-c2csc(N3N=C(C)C(N=Nc4ccccc4O)C3=O)n2)cc1. The van der Waals surface area contributed by atoms with E-state index in [1.165, 1.54) is 22.4 Å². The van der Waals surface area contributed by atoms with Gasteiger partial charge in [0.2, 0.25) is 5.13 Å². The van der Waals surface area contributed by atoms with Crippen LogP contribution >= 0.6 is 11.3 Å². The predicted octanol–water partition coefficient (Wildman–Crippen LogP) is 4.40. The second kappa shape index (κ2) is 7.80. The summed E-state index contributed by atoms with van der Waals surface area (Å²) in [5, 5.41) is 25.8. The first kappa shape index (κ1) is 18.8. The number of phenols is 1. The Morgan fingerprint density at radius 1 is 1.17 bits per heavy atom. The zero-order valence-electron chi connectivity index (χ0n) is 15.7. The molecule has 0 aliphatic carbocycles. The smallest absolute Gasteiger partial charge is 0.282 e. The minimum absolute atomic E-state index is 0.00259. The van der Waals surface area contributed by atoms with Gasteiger partial charge in [0, 0.05) is 10.9 Å². The van der Waals surface area contributed by atoms with E-state index in [1.54, 1.807) is 32.2 Å². The first-order valence-electron chi connectivity index (χ1n) is 8.74. The molecule has 1 atom stereocenters. The Hall–Kier alpha value is -3.59. The normalized spacial score (nSPS) is 16.5. The molecule has 0 saturated carbocycles. The predicted molar refractivity (Wildman–Crippen MR) is 111 cm³/mol. The van der Waals surface area contributed by atoms with Crippen molar-refractivity contribution >= 4 is 33.8 Å². The van der Waals surface area contributed by atoms with Crippen molar-refractivity contribution in [3.63, 3.8) is 0 Å². The van der Waals surface area contributed by atoms with E-state index in [2.05, 4.69) is 20.3 Å². The molecule has 1 unspecified atom stereocenters. The van der Waals surface area contributed by atoms with Gasteiger partial charge in [-0.1, -0.05) is 12.1 Å². The van der Waals surface area contributed by atoms with Crippen molar-refractivity contribution in [2.24, 2.45) is 15.3 Å². The van der Waals surface area contributed by atoms with Crippen LogP contribution in [0.15, 0.2) is 69.2 Å². The molecule has 4 rings (SSSR count). The fraction of sp³-hybridized carbons (Fsp3) is 0.150. The fourth-order valence-electron chi connectivity index (χ4n) is 2.75. The number of hydrogen-bond acceptors (Lipinski definition) is 8. The van der Waals surface area contributed by atoms with Crippen LogP contribution in [0, 0.1) is 0 Å². The number of aromatic nitrogens is 1. The average Bonchev–Trinajstić information content (AvgIpc) is 3.33. The Labute approximate surface area is 170 Å². The highest BCUT2D eigenvalue weighted by Crippen LogP contribution is 2.32. The topological polar surface area (TPSA) is 99.7 Å². The lowest BCUT2D eigenvalue weighted by Crippen LogP contribution is -2.29. The van der Waals surface area contributed by atoms with Crippen molar-refractivity contribution in [3.05, 3.63) is 53.9 Å². The van der Waals surface area contributed by atoms with Crippen LogP contribution in [0.25, 0.3) is 11.3 Å². The number of methoxy groups -OCH3 is 1. The maximum absolute atomic E-state index is 12.8. The number of ether oxygens (including phenoxy) is 1. The lowest BCUT2D eigenvalue weighted by atomic mass is 10.2. The Kier molecular flexibility index (Phi) is 5.05. The highest BCUT2D eigenvalue weighted by molar-refractivity contribution is 7.14. The molecule has 0 bridgehead atoms. The summed E-state index contributed by atoms with van der Waals surface area (Å²) in [6.45, 7) is 1.71. The van der Waals surface area contributed by atoms with E-state index in [0.717, 1.165) is 17.0 Å². The quantitative estimate of drug-likeness (QED) is 0.634. The number of hydrogen-bond donors (Lipinski definition) is 1. The third-order valence-electron chi connectivity index (χ3n) is 4.32. The molecule has 0 spiro atoms. The number of carbonyl (C=O) groups excluding carboxylic acids is 1. The Morgan fingerprint density at radius 3 is 2.66 bits per heavy atom. The molecule has 1 N–H and O–H groups in total. The van der Waals surface area contributed by atoms with Crippen molar-refractivity contribution in [2.75, 3.05) is 12.1 Å². The van der Waals surface area contributed by atoms with Crippen molar-refractivity contribution in [1.82, 2.24) is 4.98 Å². The monoisotopic (exact) mass is 407 g/mol. The number of carbonyl (C=O) groups is 1. The van der Waals surface area contributed by atoms with Gasteiger partial charge in [-0.2, -0.15) is 20.3 Å². The Balaban J connectivity index is 1.54. The van der Waals surface area contributed by atoms with Crippen LogP contribution in [0.1, 0.15) is 6.92 Å². The molecule has 1 aliphatic rings. The van der Waals surface area contributed by atoms with E-state index in [1.807, 2.05) is 29.6 Å². The summed E-state index contributed by atoms with van der Waals surface area (Å²) in [6, 6.07) is 13.2. The van der Waals surface area contributed by atoms with Crippen molar-refractivity contribution in [1.29, 1.82) is 0 Å². The van der Waals surface area contributed by atoms with E-state index in [4.69, 9.17) is 4.74 Å². The Morgan fingerprint density at radius 2 is 1.93 bits per heavy atom. The van der Waals surface area contributed by atoms with Gasteiger partial charge in [-0.3, -0.25) is 4.79 Å². The summed E-state index contributed by atoms with van der Waals surface area (Å²) >= 11 is 1.32. The maximum atomic E-state index is 12.8. The molecule has 0 saturated heterocycles. The molecule has 2 aromatic carbocycles. The summed E-state index contributed by atoms with van der Waals surface area (Å²) < 4.78 is 5.17. The van der Waals surface area contributed by atoms with Crippen LogP contribution in [0.5, 0.6) is 11.5 Å². The van der Waals surface area contributed by atoms with Crippen molar-refractivity contribution in [2.45, 2.75) is 13.0 Å². The number of nitrogens with zero attached hydrogens (tertiary/aromatic N) is 5. The fourth-order valence-corrected chi connectivity index (χ4v) is 3.54. The number of thiazole rings is 1. The molecule has 1 aliphatic heterocycles. The van der Waals surface area contributed by atoms with Gasteiger partial charge >= 0.3 is 0 Å². The van der Waals surface area contributed by atoms with Crippen LogP contribution in [0.3, 0.4) is 0 Å². The van der Waals surface area contributed by atoms with E-state index < -0.39 is 6.04 Å². The summed E-state index contributed by atoms with van der Waals surface area (Å²) in [6.07, 6.45) is 0. The van der Waals surface area contributed by atoms with E-state index in [-0.39, 0.29) is 11.7 Å². The molecular weight excluding hydrogens is 390 g/mol. The number of amides is 1. The third kappa shape index (κ3) is 3.72. The van der Waals surface area contributed by atoms with Gasteiger partial charge in [0.15, 0.2) is 6.04 Å². The molecule has 29 heavy (non-hydrogen) atoms. The molecule has 1 amide bonds. The van der Waals surface area contributed by atoms with Gasteiger partial charge in [0.25, 0.3) is 5.91 Å². The number of aromatic hydroxyl groups is 1. The molecule has 8 nitrogen and oxygen atoms in total. The number of para-hydroxylation sites is 1. The number of azo groups is 1. The van der Waals surface area contributed by atoms with Crippen LogP contribution in [-0.4, -0.2) is 34.9 Å². The molecule has 2 heterocycles. The average molecular weight is 407 g/mol. The maximum Gasteiger partial charge on any atom is 0.282 e. The van der Waals surface area contributed by atoms with E-state index in [9.17, 15) is 9.90 Å². The highest BCUT2D eigenvalue weighted by Gasteiger charge is 2.36. The summed E-state index contributed by atoms with van der Waals surface area (Å²) in [4.78, 5) is 17.3. The molecule has 9 heteroatoms. The van der Waals surface area contributed by atoms with Gasteiger partial charge in [-0.05, 0) is 43.3 Å². The lowest BCUT2D eigenvalue weighted by Gasteiger charge is -2.08. The highest BCUT2D eigenvalue weighted by atomic mass is 32.1. The molecule has 146 valence electrons. The van der Waals surface area contributed by atoms with Crippen LogP contribution in [0.2, 0.25) is 0 Å². The van der Waals surface area contributed by atoms with Gasteiger partial charge in [-0.15, -0.1) is 11.3 Å². The minimum Gasteiger partial charge on any atom is -0.506 e. The Bertz CT molecular complexity index is 1110. The van der Waals surface area contributed by atoms with Gasteiger partial charge in [0.05, 0.1) is 18.5 Å². The standard InChI is InChI=1S/C20H17N5O3S/c1-12-18(23-22-15-5-3-4-6-17(15)26)19(27)25(24-12)20-21-16(11-29-20)13-7-9-14(28-2)10-8-13/h3-11,18,26H,1-2H3. The summed E-state index contributed by atoms with van der Waals surface area (Å²) in [5.74, 6) is 0.423. The largest absolute Gasteiger partial charge is 0.506 e. The second-order valence-corrected chi connectivity index (χ2v) is 7.08. The molecule has 0 fully saturated rings. The zero-order valence-corrected chi connectivity index (χ0v) is 16.5. The number of rotatable bonds is 5. The van der Waals surface area contributed by atoms with Gasteiger partial charge in [-0.25, -0.2) is 4.98 Å². The summed E-state index contributed by atoms with van der Waals surface area (Å²) in [7, 11) is 1.61. The van der Waals surface area contributed by atoms with E-state index in [0.29, 0.717) is 16.5 Å². The minimum atomic E-state index is -0.844. The van der Waals surface area contributed by atoms with Crippen LogP contribution in [0.4, 0.5) is 10.8 Å². The molecular formula is C20H17N5O3S. The third-order valence-corrected chi connectivity index (χ3v) is 5.13. The first-order chi connectivity index (χ1) is 14.1. The molecule has 3 aromatic rings. The molecule has 0 radical (unpaired) electrons. The zero-order chi connectivity index (χ0) is 20.4. The van der Waals surface area contributed by atoms with Gasteiger partial charge in [0.1, 0.15) is 17.2 Å². The van der Waals surface area contributed by atoms with Crippen molar-refractivity contribution in [3.8, 4) is 22.8 Å². The summed E-state index contributed by atoms with van der Waals surface area (Å²) in [5.41, 5.74) is 2.46. The molecule has 1 aromatic heterocycles. The van der Waals surface area contributed by atoms with Gasteiger partial charge < -0.3 is 9.84 Å². The second-order valence-electron chi connectivity index (χ2n) is 6.24. The number of benzene rings is 2. The number of phenolic OH excluding ortho intramolecular Hbond substituents is 1. The number of anilines is 1. The first-order valence-corrected chi connectivity index (χ1v) is 9.62. The lowest BCUT2D eigenvalue weighted by molar-refractivity contribution is -0.117. The number of hydrazone groups is 1. The van der Waals surface area contributed by atoms with Crippen LogP contribution in [-0.2, 0) is 4.79 Å².